The molecule has 0 atom stereocenters. The minimum atomic E-state index is -4.36. The number of hydrogen-bond donors (Lipinski definition) is 0. The van der Waals surface area contributed by atoms with Gasteiger partial charge in [-0.1, -0.05) is 42.5 Å². The molecule has 4 rings (SSSR count). The highest BCUT2D eigenvalue weighted by atomic mass is 19.4. The van der Waals surface area contributed by atoms with Crippen molar-refractivity contribution < 1.29 is 13.2 Å². The van der Waals surface area contributed by atoms with Gasteiger partial charge in [0.1, 0.15) is 5.82 Å². The summed E-state index contributed by atoms with van der Waals surface area (Å²) < 4.78 is 40.6. The molecule has 0 saturated carbocycles. The molecular formula is C20H15F3N2. The Bertz CT molecular complexity index is 1070. The summed E-state index contributed by atoms with van der Waals surface area (Å²) in [5.74, 6) is 0.741. The molecular weight excluding hydrogens is 325 g/mol. The molecule has 0 amide bonds. The number of benzene rings is 3. The van der Waals surface area contributed by atoms with Crippen LogP contribution in [0.5, 0.6) is 0 Å². The molecule has 126 valence electrons. The minimum absolute atomic E-state index is 0.368. The fraction of sp³-hybridized carbons (Fsp3) is 0.150. The van der Waals surface area contributed by atoms with Crippen molar-refractivity contribution in [1.82, 2.24) is 9.55 Å². The van der Waals surface area contributed by atoms with Crippen molar-refractivity contribution in [2.45, 2.75) is 12.6 Å². The second kappa shape index (κ2) is 5.62. The van der Waals surface area contributed by atoms with E-state index in [0.717, 1.165) is 34.3 Å². The lowest BCUT2D eigenvalue weighted by molar-refractivity contribution is -0.137. The summed E-state index contributed by atoms with van der Waals surface area (Å²) >= 11 is 0. The van der Waals surface area contributed by atoms with E-state index in [-0.39, 0.29) is 0 Å². The minimum Gasteiger partial charge on any atom is -0.331 e. The lowest BCUT2D eigenvalue weighted by atomic mass is 10.0. The third-order valence-corrected chi connectivity index (χ3v) is 4.53. The predicted molar refractivity (Wildman–Crippen MR) is 92.5 cm³/mol. The smallest absolute Gasteiger partial charge is 0.331 e. The molecule has 2 nitrogen and oxygen atoms in total. The molecule has 0 unspecified atom stereocenters. The third kappa shape index (κ3) is 2.76. The van der Waals surface area contributed by atoms with E-state index in [4.69, 9.17) is 0 Å². The van der Waals surface area contributed by atoms with Crippen LogP contribution in [0.4, 0.5) is 13.2 Å². The van der Waals surface area contributed by atoms with E-state index in [0.29, 0.717) is 17.5 Å². The Morgan fingerprint density at radius 3 is 2.52 bits per heavy atom. The Morgan fingerprint density at radius 2 is 1.72 bits per heavy atom. The van der Waals surface area contributed by atoms with E-state index in [9.17, 15) is 13.2 Å². The summed E-state index contributed by atoms with van der Waals surface area (Å²) in [7, 11) is 1.84. The molecule has 0 bridgehead atoms. The molecule has 0 aliphatic rings. The molecule has 1 aromatic heterocycles. The highest BCUT2D eigenvalue weighted by Crippen LogP contribution is 2.31. The van der Waals surface area contributed by atoms with Gasteiger partial charge < -0.3 is 4.57 Å². The number of imidazole rings is 1. The van der Waals surface area contributed by atoms with Gasteiger partial charge in [0.2, 0.25) is 0 Å². The normalized spacial score (nSPS) is 12.2. The topological polar surface area (TPSA) is 17.8 Å². The first-order chi connectivity index (χ1) is 11.9. The number of aromatic nitrogens is 2. The van der Waals surface area contributed by atoms with Gasteiger partial charge in [-0.25, -0.2) is 4.98 Å². The van der Waals surface area contributed by atoms with E-state index in [2.05, 4.69) is 11.1 Å². The van der Waals surface area contributed by atoms with Crippen molar-refractivity contribution in [3.63, 3.8) is 0 Å². The molecule has 0 N–H and O–H groups in total. The van der Waals surface area contributed by atoms with Gasteiger partial charge in [0.15, 0.2) is 0 Å². The zero-order chi connectivity index (χ0) is 17.6. The maximum absolute atomic E-state index is 12.9. The van der Waals surface area contributed by atoms with Crippen LogP contribution in [0.2, 0.25) is 0 Å². The van der Waals surface area contributed by atoms with Crippen LogP contribution in [-0.4, -0.2) is 9.55 Å². The molecule has 0 spiro atoms. The molecule has 0 radical (unpaired) electrons. The molecule has 0 aliphatic carbocycles. The van der Waals surface area contributed by atoms with E-state index < -0.39 is 11.7 Å². The zero-order valence-corrected chi connectivity index (χ0v) is 13.5. The van der Waals surface area contributed by atoms with Crippen molar-refractivity contribution in [2.75, 3.05) is 0 Å². The SMILES string of the molecule is Cn1c(Cc2cccc3ccccc23)nc2cc(C(F)(F)F)ccc21. The van der Waals surface area contributed by atoms with Crippen LogP contribution in [0.15, 0.2) is 60.7 Å². The molecule has 0 fully saturated rings. The van der Waals surface area contributed by atoms with E-state index >= 15 is 0 Å². The summed E-state index contributed by atoms with van der Waals surface area (Å²) in [6, 6.07) is 17.8. The van der Waals surface area contributed by atoms with Crippen molar-refractivity contribution in [2.24, 2.45) is 7.05 Å². The molecule has 0 saturated heterocycles. The van der Waals surface area contributed by atoms with E-state index in [1.165, 1.54) is 6.07 Å². The Kier molecular flexibility index (Phi) is 3.53. The molecule has 1 heterocycles. The zero-order valence-electron chi connectivity index (χ0n) is 13.5. The first-order valence-electron chi connectivity index (χ1n) is 7.93. The Morgan fingerprint density at radius 1 is 0.960 bits per heavy atom. The summed E-state index contributed by atoms with van der Waals surface area (Å²) in [6.45, 7) is 0. The second-order valence-corrected chi connectivity index (χ2v) is 6.10. The van der Waals surface area contributed by atoms with Crippen LogP contribution in [0.1, 0.15) is 17.0 Å². The maximum Gasteiger partial charge on any atom is 0.416 e. The number of aryl methyl sites for hydroxylation is 1. The molecule has 5 heteroatoms. The summed E-state index contributed by atoms with van der Waals surface area (Å²) in [5.41, 5.74) is 1.50. The van der Waals surface area contributed by atoms with Gasteiger partial charge >= 0.3 is 6.18 Å². The van der Waals surface area contributed by atoms with Gasteiger partial charge in [-0.15, -0.1) is 0 Å². The average Bonchev–Trinajstić information content (AvgIpc) is 2.90. The first kappa shape index (κ1) is 15.7. The molecule has 4 aromatic rings. The van der Waals surface area contributed by atoms with Crippen molar-refractivity contribution in [1.29, 1.82) is 0 Å². The third-order valence-electron chi connectivity index (χ3n) is 4.53. The van der Waals surface area contributed by atoms with Gasteiger partial charge in [0, 0.05) is 13.5 Å². The van der Waals surface area contributed by atoms with Gasteiger partial charge in [0.25, 0.3) is 0 Å². The van der Waals surface area contributed by atoms with Gasteiger partial charge in [-0.3, -0.25) is 0 Å². The van der Waals surface area contributed by atoms with E-state index in [1.54, 1.807) is 0 Å². The number of rotatable bonds is 2. The van der Waals surface area contributed by atoms with Gasteiger partial charge in [0.05, 0.1) is 16.6 Å². The van der Waals surface area contributed by atoms with Crippen LogP contribution in [0.3, 0.4) is 0 Å². The van der Waals surface area contributed by atoms with E-state index in [1.807, 2.05) is 48.0 Å². The predicted octanol–water partition coefficient (Wildman–Crippen LogP) is 5.34. The fourth-order valence-electron chi connectivity index (χ4n) is 3.20. The maximum atomic E-state index is 12.9. The van der Waals surface area contributed by atoms with Crippen molar-refractivity contribution >= 4 is 21.8 Å². The highest BCUT2D eigenvalue weighted by Gasteiger charge is 2.31. The Labute approximate surface area is 142 Å². The van der Waals surface area contributed by atoms with Gasteiger partial charge in [-0.05, 0) is 34.5 Å². The van der Waals surface area contributed by atoms with Crippen molar-refractivity contribution in [3.05, 3.63) is 77.6 Å². The molecule has 0 aliphatic heterocycles. The number of halogens is 3. The monoisotopic (exact) mass is 340 g/mol. The fourth-order valence-corrected chi connectivity index (χ4v) is 3.20. The highest BCUT2D eigenvalue weighted by molar-refractivity contribution is 5.86. The number of nitrogens with zero attached hydrogens (tertiary/aromatic N) is 2. The van der Waals surface area contributed by atoms with Crippen LogP contribution >= 0.6 is 0 Å². The van der Waals surface area contributed by atoms with Gasteiger partial charge in [-0.2, -0.15) is 13.2 Å². The standard InChI is InChI=1S/C20H15F3N2/c1-25-18-10-9-15(20(21,22)23)12-17(18)24-19(25)11-14-7-4-6-13-5-2-3-8-16(13)14/h2-10,12H,11H2,1H3. The lowest BCUT2D eigenvalue weighted by Crippen LogP contribution is -2.04. The lowest BCUT2D eigenvalue weighted by Gasteiger charge is -2.07. The van der Waals surface area contributed by atoms with Crippen LogP contribution in [0.25, 0.3) is 21.8 Å². The van der Waals surface area contributed by atoms with Crippen LogP contribution in [-0.2, 0) is 19.6 Å². The average molecular weight is 340 g/mol. The van der Waals surface area contributed by atoms with Crippen molar-refractivity contribution in [3.8, 4) is 0 Å². The number of alkyl halides is 3. The molecule has 25 heavy (non-hydrogen) atoms. The van der Waals surface area contributed by atoms with Crippen LogP contribution in [0, 0.1) is 0 Å². The van der Waals surface area contributed by atoms with Crippen LogP contribution < -0.4 is 0 Å². The number of fused-ring (bicyclic) bond motifs is 2. The quantitative estimate of drug-likeness (QED) is 0.482. The number of hydrogen-bond acceptors (Lipinski definition) is 1. The second-order valence-electron chi connectivity index (χ2n) is 6.10. The Hall–Kier alpha value is -2.82. The molecule has 3 aromatic carbocycles. The largest absolute Gasteiger partial charge is 0.416 e. The summed E-state index contributed by atoms with van der Waals surface area (Å²) in [4.78, 5) is 4.45. The first-order valence-corrected chi connectivity index (χ1v) is 7.93. The Balaban J connectivity index is 1.80. The summed E-state index contributed by atoms with van der Waals surface area (Å²) in [5, 5.41) is 2.27. The summed E-state index contributed by atoms with van der Waals surface area (Å²) in [6.07, 6.45) is -3.80.